The van der Waals surface area contributed by atoms with Gasteiger partial charge in [0.1, 0.15) is 24.4 Å². The smallest absolute Gasteiger partial charge is 0.151 e. The summed E-state index contributed by atoms with van der Waals surface area (Å²) in [5, 5.41) is 27.8. The van der Waals surface area contributed by atoms with Crippen LogP contribution < -0.4 is 0 Å². The third kappa shape index (κ3) is 3.69. The molecule has 4 atom stereocenters. The highest BCUT2D eigenvalue weighted by Crippen LogP contribution is 2.07. The molecule has 0 aromatic carbocycles. The number of hydrogen-bond acceptors (Lipinski definition) is 6. The van der Waals surface area contributed by atoms with Gasteiger partial charge in [0.05, 0.1) is 9.35 Å². The molecule has 0 fully saturated rings. The second kappa shape index (κ2) is 6.86. The number of aldehydes is 1. The van der Waals surface area contributed by atoms with E-state index in [1.807, 2.05) is 0 Å². The molecule has 0 amide bonds. The average Bonchev–Trinajstić information content (AvgIpc) is 2.31. The average molecular weight is 210 g/mol. The first-order chi connectivity index (χ1) is 7.58. The SMILES string of the molecule is [2H]COC[C@@H](OC[2H])[C@@H](O)[C@H](O)[C@@H](O)C=O. The second-order valence-corrected chi connectivity index (χ2v) is 2.68. The van der Waals surface area contributed by atoms with Crippen LogP contribution in [-0.2, 0) is 14.3 Å². The maximum atomic E-state index is 10.2. The maximum absolute atomic E-state index is 10.2. The van der Waals surface area contributed by atoms with E-state index in [4.69, 9.17) is 12.6 Å². The van der Waals surface area contributed by atoms with Gasteiger partial charge in [0, 0.05) is 14.2 Å². The highest BCUT2D eigenvalue weighted by molar-refractivity contribution is 5.56. The lowest BCUT2D eigenvalue weighted by molar-refractivity contribution is -0.141. The molecule has 0 aliphatic carbocycles. The van der Waals surface area contributed by atoms with E-state index in [0.717, 1.165) is 0 Å². The van der Waals surface area contributed by atoms with Crippen molar-refractivity contribution in [1.29, 1.82) is 0 Å². The minimum atomic E-state index is -1.73. The third-order valence-corrected chi connectivity index (χ3v) is 1.72. The molecule has 0 aromatic heterocycles. The standard InChI is InChI=1S/C8H16O6/c1-13-4-6(14-2)8(12)7(11)5(10)3-9/h3,5-8,10-12H,4H2,1-2H3/t5-,6+,7+,8+/m0/s1/i1D,2D. The van der Waals surface area contributed by atoms with Gasteiger partial charge in [-0.25, -0.2) is 0 Å². The van der Waals surface area contributed by atoms with Crippen molar-refractivity contribution in [3.05, 3.63) is 0 Å². The van der Waals surface area contributed by atoms with Crippen LogP contribution in [0.1, 0.15) is 2.74 Å². The normalized spacial score (nSPS) is 21.6. The fraction of sp³-hybridized carbons (Fsp3) is 0.875. The molecule has 14 heavy (non-hydrogen) atoms. The minimum absolute atomic E-state index is 0.0803. The van der Waals surface area contributed by atoms with E-state index in [1.165, 1.54) is 0 Å². The van der Waals surface area contributed by atoms with Crippen LogP contribution in [0.25, 0.3) is 0 Å². The Balaban J connectivity index is 4.33. The van der Waals surface area contributed by atoms with Crippen LogP contribution in [0.15, 0.2) is 0 Å². The summed E-state index contributed by atoms with van der Waals surface area (Å²) in [6.07, 6.45) is -6.02. The van der Waals surface area contributed by atoms with E-state index in [2.05, 4.69) is 4.74 Å². The van der Waals surface area contributed by atoms with Gasteiger partial charge in [0.25, 0.3) is 0 Å². The molecular formula is C8H16O6. The van der Waals surface area contributed by atoms with Crippen LogP contribution in [-0.4, -0.2) is 66.8 Å². The predicted molar refractivity (Wildman–Crippen MR) is 46.8 cm³/mol. The van der Waals surface area contributed by atoms with Gasteiger partial charge >= 0.3 is 0 Å². The van der Waals surface area contributed by atoms with Crippen molar-refractivity contribution in [3.63, 3.8) is 0 Å². The fourth-order valence-electron chi connectivity index (χ4n) is 0.864. The summed E-state index contributed by atoms with van der Waals surface area (Å²) in [4.78, 5) is 10.2. The molecule has 0 radical (unpaired) electrons. The summed E-state index contributed by atoms with van der Waals surface area (Å²) in [5.74, 6) is 0. The summed E-state index contributed by atoms with van der Waals surface area (Å²) < 4.78 is 22.9. The van der Waals surface area contributed by atoms with Crippen LogP contribution in [0.3, 0.4) is 0 Å². The van der Waals surface area contributed by atoms with E-state index in [-0.39, 0.29) is 20.0 Å². The van der Waals surface area contributed by atoms with Crippen molar-refractivity contribution in [2.45, 2.75) is 24.4 Å². The van der Waals surface area contributed by atoms with Gasteiger partial charge in [-0.1, -0.05) is 0 Å². The summed E-state index contributed by atoms with van der Waals surface area (Å²) in [6.45, 7) is -0.216. The highest BCUT2D eigenvalue weighted by atomic mass is 16.5. The van der Waals surface area contributed by atoms with Crippen LogP contribution in [0, 0.1) is 0 Å². The lowest BCUT2D eigenvalue weighted by Gasteiger charge is -2.26. The molecule has 0 saturated carbocycles. The van der Waals surface area contributed by atoms with Crippen molar-refractivity contribution in [2.24, 2.45) is 0 Å². The monoisotopic (exact) mass is 210 g/mol. The number of ether oxygens (including phenoxy) is 2. The zero-order valence-corrected chi connectivity index (χ0v) is 7.57. The molecule has 0 saturated heterocycles. The largest absolute Gasteiger partial charge is 0.387 e. The lowest BCUT2D eigenvalue weighted by atomic mass is 10.0. The number of carbonyl (C=O) groups is 1. The molecule has 6 heteroatoms. The molecule has 0 spiro atoms. The van der Waals surface area contributed by atoms with Gasteiger partial charge in [-0.2, -0.15) is 0 Å². The topological polar surface area (TPSA) is 96.2 Å². The Bertz CT molecular complexity index is 193. The van der Waals surface area contributed by atoms with Gasteiger partial charge in [-0.15, -0.1) is 0 Å². The number of rotatable bonds is 7. The number of carbonyl (C=O) groups excluding carboxylic acids is 1. The van der Waals surface area contributed by atoms with Crippen molar-refractivity contribution in [2.75, 3.05) is 20.8 Å². The molecule has 0 aliphatic heterocycles. The van der Waals surface area contributed by atoms with Crippen molar-refractivity contribution < 1.29 is 32.3 Å². The Labute approximate surface area is 84.9 Å². The van der Waals surface area contributed by atoms with Crippen LogP contribution in [0.5, 0.6) is 0 Å². The van der Waals surface area contributed by atoms with E-state index >= 15 is 0 Å². The van der Waals surface area contributed by atoms with Crippen molar-refractivity contribution in [1.82, 2.24) is 0 Å². The predicted octanol–water partition coefficient (Wildman–Crippen LogP) is -2.07. The second-order valence-electron chi connectivity index (χ2n) is 2.68. The number of aliphatic hydroxyl groups is 3. The minimum Gasteiger partial charge on any atom is -0.387 e. The maximum Gasteiger partial charge on any atom is 0.151 e. The summed E-state index contributed by atoms with van der Waals surface area (Å²) in [6, 6.07) is 0. The van der Waals surface area contributed by atoms with Crippen molar-refractivity contribution in [3.8, 4) is 0 Å². The van der Waals surface area contributed by atoms with Crippen LogP contribution >= 0.6 is 0 Å². The van der Waals surface area contributed by atoms with Crippen LogP contribution in [0.4, 0.5) is 0 Å². The first kappa shape index (κ1) is 10.0. The first-order valence-electron chi connectivity index (χ1n) is 5.27. The molecule has 0 heterocycles. The quantitative estimate of drug-likeness (QED) is 0.418. The Morgan fingerprint density at radius 3 is 2.57 bits per heavy atom. The van der Waals surface area contributed by atoms with Gasteiger partial charge in [0.15, 0.2) is 6.29 Å². The van der Waals surface area contributed by atoms with E-state index in [9.17, 15) is 15.0 Å². The highest BCUT2D eigenvalue weighted by Gasteiger charge is 2.31. The van der Waals surface area contributed by atoms with Gasteiger partial charge in [-0.05, 0) is 0 Å². The molecule has 0 bridgehead atoms. The van der Waals surface area contributed by atoms with Gasteiger partial charge in [-0.3, -0.25) is 0 Å². The number of aliphatic hydroxyl groups excluding tert-OH is 3. The summed E-state index contributed by atoms with van der Waals surface area (Å²) >= 11 is 0. The van der Waals surface area contributed by atoms with Crippen LogP contribution in [0.2, 0.25) is 0 Å². The van der Waals surface area contributed by atoms with E-state index in [1.54, 1.807) is 0 Å². The molecule has 6 nitrogen and oxygen atoms in total. The number of hydrogen-bond donors (Lipinski definition) is 3. The Morgan fingerprint density at radius 2 is 2.07 bits per heavy atom. The Morgan fingerprint density at radius 1 is 1.36 bits per heavy atom. The Hall–Kier alpha value is -0.530. The van der Waals surface area contributed by atoms with E-state index < -0.39 is 31.5 Å². The van der Waals surface area contributed by atoms with Gasteiger partial charge < -0.3 is 29.6 Å². The molecule has 0 unspecified atom stereocenters. The third-order valence-electron chi connectivity index (χ3n) is 1.72. The number of methoxy groups -OCH3 is 2. The Kier molecular flexibility index (Phi) is 4.90. The molecule has 0 rings (SSSR count). The van der Waals surface area contributed by atoms with Crippen molar-refractivity contribution >= 4 is 6.29 Å². The zero-order chi connectivity index (χ0) is 12.6. The van der Waals surface area contributed by atoms with E-state index in [0.29, 0.717) is 0 Å². The summed E-state index contributed by atoms with van der Waals surface area (Å²) in [5.41, 5.74) is 0. The first-order valence-corrected chi connectivity index (χ1v) is 3.85. The zero-order valence-electron chi connectivity index (χ0n) is 9.57. The lowest BCUT2D eigenvalue weighted by Crippen LogP contribution is -2.47. The molecule has 84 valence electrons. The summed E-state index contributed by atoms with van der Waals surface area (Å²) in [7, 11) is -0.843. The fourth-order valence-corrected chi connectivity index (χ4v) is 0.864. The molecular weight excluding hydrogens is 192 g/mol. The van der Waals surface area contributed by atoms with Gasteiger partial charge in [0.2, 0.25) is 0 Å². The molecule has 3 N–H and O–H groups in total. The molecule has 0 aliphatic rings. The molecule has 0 aromatic rings.